The number of hydrogen-bond acceptors (Lipinski definition) is 2. The second-order valence-corrected chi connectivity index (χ2v) is 6.34. The lowest BCUT2D eigenvalue weighted by Gasteiger charge is -2.10. The summed E-state index contributed by atoms with van der Waals surface area (Å²) in [5.41, 5.74) is 5.09. The van der Waals surface area contributed by atoms with E-state index in [4.69, 9.17) is 5.73 Å². The third kappa shape index (κ3) is 17.4. The molecule has 0 saturated carbocycles. The van der Waals surface area contributed by atoms with Gasteiger partial charge in [0.05, 0.1) is 6.10 Å². The van der Waals surface area contributed by atoms with Gasteiger partial charge >= 0.3 is 0 Å². The van der Waals surface area contributed by atoms with Gasteiger partial charge in [-0.25, -0.2) is 0 Å². The zero-order chi connectivity index (χ0) is 15.8. The topological polar surface area (TPSA) is 63.3 Å². The van der Waals surface area contributed by atoms with E-state index in [1.807, 2.05) is 0 Å². The molecule has 0 radical (unpaired) electrons. The van der Waals surface area contributed by atoms with E-state index in [9.17, 15) is 9.90 Å². The van der Waals surface area contributed by atoms with Crippen molar-refractivity contribution in [2.45, 2.75) is 109 Å². The molecule has 3 heteroatoms. The summed E-state index contributed by atoms with van der Waals surface area (Å²) in [4.78, 5) is 10.6. The summed E-state index contributed by atoms with van der Waals surface area (Å²) in [6.45, 7) is 2.25. The maximum atomic E-state index is 10.6. The van der Waals surface area contributed by atoms with Gasteiger partial charge < -0.3 is 10.8 Å². The van der Waals surface area contributed by atoms with Gasteiger partial charge in [0.1, 0.15) is 0 Å². The fourth-order valence-electron chi connectivity index (χ4n) is 2.69. The summed E-state index contributed by atoms with van der Waals surface area (Å²) < 4.78 is 0. The molecule has 3 nitrogen and oxygen atoms in total. The summed E-state index contributed by atoms with van der Waals surface area (Å²) in [6, 6.07) is 0. The van der Waals surface area contributed by atoms with Crippen LogP contribution in [0.25, 0.3) is 0 Å². The van der Waals surface area contributed by atoms with E-state index in [0.717, 1.165) is 38.5 Å². The second-order valence-electron chi connectivity index (χ2n) is 6.34. The molecule has 0 spiro atoms. The lowest BCUT2D eigenvalue weighted by molar-refractivity contribution is -0.118. The minimum Gasteiger partial charge on any atom is -0.393 e. The molecular weight excluding hydrogens is 262 g/mol. The monoisotopic (exact) mass is 299 g/mol. The van der Waals surface area contributed by atoms with E-state index in [1.54, 1.807) is 0 Å². The highest BCUT2D eigenvalue weighted by molar-refractivity contribution is 5.73. The summed E-state index contributed by atoms with van der Waals surface area (Å²) in [7, 11) is 0. The molecule has 0 aromatic heterocycles. The maximum Gasteiger partial charge on any atom is 0.217 e. The molecule has 1 amide bonds. The summed E-state index contributed by atoms with van der Waals surface area (Å²) >= 11 is 0. The molecule has 1 atom stereocenters. The average Bonchev–Trinajstić information content (AvgIpc) is 2.45. The maximum absolute atomic E-state index is 10.6. The summed E-state index contributed by atoms with van der Waals surface area (Å²) in [5, 5.41) is 9.87. The minimum absolute atomic E-state index is 0.150. The van der Waals surface area contributed by atoms with Crippen molar-refractivity contribution in [1.82, 2.24) is 0 Å². The SMILES string of the molecule is CCCCCCCCCCCC(O)CCCCCC(N)=O. The first-order chi connectivity index (χ1) is 10.2. The number of carbonyl (C=O) groups excluding carboxylic acids is 1. The molecule has 1 unspecified atom stereocenters. The Kier molecular flexibility index (Phi) is 15.4. The number of nitrogens with two attached hydrogens (primary N) is 1. The number of primary amides is 1. The summed E-state index contributed by atoms with van der Waals surface area (Å²) in [5.74, 6) is -0.217. The van der Waals surface area contributed by atoms with Gasteiger partial charge in [0.2, 0.25) is 5.91 Å². The first kappa shape index (κ1) is 20.4. The van der Waals surface area contributed by atoms with Gasteiger partial charge in [0, 0.05) is 6.42 Å². The van der Waals surface area contributed by atoms with Gasteiger partial charge in [-0.05, 0) is 19.3 Å². The highest BCUT2D eigenvalue weighted by atomic mass is 16.3. The number of hydrogen-bond donors (Lipinski definition) is 2. The Morgan fingerprint density at radius 3 is 1.71 bits per heavy atom. The third-order valence-corrected chi connectivity index (χ3v) is 4.10. The molecule has 21 heavy (non-hydrogen) atoms. The number of aliphatic hydroxyl groups excluding tert-OH is 1. The Morgan fingerprint density at radius 1 is 0.810 bits per heavy atom. The molecule has 0 aliphatic heterocycles. The van der Waals surface area contributed by atoms with Crippen molar-refractivity contribution in [3.63, 3.8) is 0 Å². The van der Waals surface area contributed by atoms with Gasteiger partial charge in [-0.15, -0.1) is 0 Å². The zero-order valence-corrected chi connectivity index (χ0v) is 14.1. The van der Waals surface area contributed by atoms with Gasteiger partial charge in [0.25, 0.3) is 0 Å². The molecule has 0 rings (SSSR count). The molecule has 0 heterocycles. The Morgan fingerprint density at radius 2 is 1.24 bits per heavy atom. The van der Waals surface area contributed by atoms with Crippen molar-refractivity contribution < 1.29 is 9.90 Å². The smallest absolute Gasteiger partial charge is 0.217 e. The molecule has 0 aromatic carbocycles. The van der Waals surface area contributed by atoms with Crippen LogP contribution < -0.4 is 5.73 Å². The molecule has 0 bridgehead atoms. The lowest BCUT2D eigenvalue weighted by Crippen LogP contribution is -2.10. The quantitative estimate of drug-likeness (QED) is 0.406. The van der Waals surface area contributed by atoms with Crippen LogP contribution in [0.15, 0.2) is 0 Å². The molecule has 0 aliphatic carbocycles. The van der Waals surface area contributed by atoms with Crippen molar-refractivity contribution in [1.29, 1.82) is 0 Å². The van der Waals surface area contributed by atoms with Crippen LogP contribution in [0.4, 0.5) is 0 Å². The van der Waals surface area contributed by atoms with E-state index in [2.05, 4.69) is 6.92 Å². The van der Waals surface area contributed by atoms with Crippen LogP contribution in [0, 0.1) is 0 Å². The van der Waals surface area contributed by atoms with E-state index in [0.29, 0.717) is 6.42 Å². The molecule has 0 aliphatic rings. The third-order valence-electron chi connectivity index (χ3n) is 4.10. The Hall–Kier alpha value is -0.570. The highest BCUT2D eigenvalue weighted by Crippen LogP contribution is 2.14. The first-order valence-corrected chi connectivity index (χ1v) is 9.13. The van der Waals surface area contributed by atoms with Crippen molar-refractivity contribution in [2.24, 2.45) is 5.73 Å². The second kappa shape index (κ2) is 15.8. The lowest BCUT2D eigenvalue weighted by atomic mass is 10.0. The van der Waals surface area contributed by atoms with E-state index < -0.39 is 0 Å². The van der Waals surface area contributed by atoms with Gasteiger partial charge in [-0.3, -0.25) is 4.79 Å². The molecule has 0 saturated heterocycles. The number of rotatable bonds is 16. The summed E-state index contributed by atoms with van der Waals surface area (Å²) in [6.07, 6.45) is 16.9. The molecule has 3 N–H and O–H groups in total. The number of unbranched alkanes of at least 4 members (excludes halogenated alkanes) is 10. The van der Waals surface area contributed by atoms with Crippen molar-refractivity contribution in [2.75, 3.05) is 0 Å². The van der Waals surface area contributed by atoms with Crippen molar-refractivity contribution in [3.05, 3.63) is 0 Å². The Labute approximate surface area is 131 Å². The van der Waals surface area contributed by atoms with E-state index >= 15 is 0 Å². The predicted molar refractivity (Wildman–Crippen MR) is 90.1 cm³/mol. The zero-order valence-electron chi connectivity index (χ0n) is 14.1. The number of carbonyl (C=O) groups is 1. The van der Waals surface area contributed by atoms with E-state index in [-0.39, 0.29) is 12.0 Å². The Balaban J connectivity index is 3.15. The largest absolute Gasteiger partial charge is 0.393 e. The normalized spacial score (nSPS) is 12.5. The standard InChI is InChI=1S/C18H37NO2/c1-2-3-4-5-6-7-8-9-11-14-17(20)15-12-10-13-16-18(19)21/h17,20H,2-16H2,1H3,(H2,19,21). The van der Waals surface area contributed by atoms with Crippen LogP contribution in [0.1, 0.15) is 103 Å². The Bertz CT molecular complexity index is 231. The number of amides is 1. The first-order valence-electron chi connectivity index (χ1n) is 9.13. The molecule has 0 fully saturated rings. The van der Waals surface area contributed by atoms with Crippen molar-refractivity contribution in [3.8, 4) is 0 Å². The fourth-order valence-corrected chi connectivity index (χ4v) is 2.69. The predicted octanol–water partition coefficient (Wildman–Crippen LogP) is 4.70. The van der Waals surface area contributed by atoms with Crippen LogP contribution in [0.5, 0.6) is 0 Å². The van der Waals surface area contributed by atoms with Crippen LogP contribution in [0.3, 0.4) is 0 Å². The van der Waals surface area contributed by atoms with Crippen LogP contribution in [-0.4, -0.2) is 17.1 Å². The van der Waals surface area contributed by atoms with Crippen LogP contribution >= 0.6 is 0 Å². The molecule has 0 aromatic rings. The minimum atomic E-state index is -0.217. The van der Waals surface area contributed by atoms with Crippen LogP contribution in [-0.2, 0) is 4.79 Å². The highest BCUT2D eigenvalue weighted by Gasteiger charge is 2.04. The molecule has 126 valence electrons. The van der Waals surface area contributed by atoms with Gasteiger partial charge in [0.15, 0.2) is 0 Å². The van der Waals surface area contributed by atoms with E-state index in [1.165, 1.54) is 51.4 Å². The number of aliphatic hydroxyl groups is 1. The average molecular weight is 299 g/mol. The molecular formula is C18H37NO2. The van der Waals surface area contributed by atoms with Gasteiger partial charge in [-0.2, -0.15) is 0 Å². The van der Waals surface area contributed by atoms with Gasteiger partial charge in [-0.1, -0.05) is 77.6 Å². The van der Waals surface area contributed by atoms with Crippen LogP contribution in [0.2, 0.25) is 0 Å². The van der Waals surface area contributed by atoms with Crippen molar-refractivity contribution >= 4 is 5.91 Å². The fraction of sp³-hybridized carbons (Fsp3) is 0.944.